The lowest BCUT2D eigenvalue weighted by atomic mass is 10.3. The third-order valence-corrected chi connectivity index (χ3v) is 3.45. The van der Waals surface area contributed by atoms with Crippen molar-refractivity contribution < 1.29 is 0 Å². The molecule has 0 aliphatic heterocycles. The predicted octanol–water partition coefficient (Wildman–Crippen LogP) is 1.82. The fourth-order valence-electron chi connectivity index (χ4n) is 1.43. The van der Waals surface area contributed by atoms with Crippen LogP contribution in [0.1, 0.15) is 25.2 Å². The summed E-state index contributed by atoms with van der Waals surface area (Å²) in [7, 11) is 0. The third-order valence-electron chi connectivity index (χ3n) is 2.19. The summed E-state index contributed by atoms with van der Waals surface area (Å²) >= 11 is 1.56. The standard InChI is InChI=1S/C11H16N6S/c1-7(2)6-18-11-14-12-10(13-15-11)17-9(4)5-8(3)16-17/h5,7H,6H2,1-4H3. The zero-order valence-electron chi connectivity index (χ0n) is 11.0. The monoisotopic (exact) mass is 264 g/mol. The summed E-state index contributed by atoms with van der Waals surface area (Å²) in [5.74, 6) is 1.96. The Morgan fingerprint density at radius 1 is 1.17 bits per heavy atom. The van der Waals surface area contributed by atoms with Crippen molar-refractivity contribution in [3.8, 4) is 5.95 Å². The molecular formula is C11H16N6S. The Hall–Kier alpha value is -1.50. The molecule has 0 unspecified atom stereocenters. The highest BCUT2D eigenvalue weighted by Gasteiger charge is 2.08. The van der Waals surface area contributed by atoms with E-state index in [0.29, 0.717) is 17.0 Å². The number of thioether (sulfide) groups is 1. The molecule has 7 heteroatoms. The highest BCUT2D eigenvalue weighted by Crippen LogP contribution is 2.14. The Bertz CT molecular complexity index is 519. The van der Waals surface area contributed by atoms with Crippen LogP contribution in [0.4, 0.5) is 0 Å². The second-order valence-corrected chi connectivity index (χ2v) is 5.51. The van der Waals surface area contributed by atoms with Crippen LogP contribution >= 0.6 is 11.8 Å². The van der Waals surface area contributed by atoms with Crippen LogP contribution in [0.25, 0.3) is 5.95 Å². The average Bonchev–Trinajstić information content (AvgIpc) is 2.66. The Morgan fingerprint density at radius 3 is 2.33 bits per heavy atom. The molecule has 0 saturated heterocycles. The van der Waals surface area contributed by atoms with Crippen LogP contribution in [-0.4, -0.2) is 35.9 Å². The van der Waals surface area contributed by atoms with Gasteiger partial charge in [-0.3, -0.25) is 0 Å². The van der Waals surface area contributed by atoms with Gasteiger partial charge in [0.25, 0.3) is 5.95 Å². The van der Waals surface area contributed by atoms with E-state index in [2.05, 4.69) is 39.3 Å². The number of aromatic nitrogens is 6. The Labute approximate surface area is 110 Å². The van der Waals surface area contributed by atoms with Crippen molar-refractivity contribution in [2.75, 3.05) is 5.75 Å². The van der Waals surface area contributed by atoms with E-state index < -0.39 is 0 Å². The van der Waals surface area contributed by atoms with Gasteiger partial charge in [0, 0.05) is 11.4 Å². The van der Waals surface area contributed by atoms with Crippen molar-refractivity contribution in [2.45, 2.75) is 32.9 Å². The number of nitrogens with zero attached hydrogens (tertiary/aromatic N) is 6. The van der Waals surface area contributed by atoms with Crippen LogP contribution in [0.3, 0.4) is 0 Å². The molecule has 0 atom stereocenters. The van der Waals surface area contributed by atoms with Gasteiger partial charge in [-0.05, 0) is 25.8 Å². The highest BCUT2D eigenvalue weighted by molar-refractivity contribution is 7.99. The molecule has 2 aromatic rings. The second-order valence-electron chi connectivity index (χ2n) is 4.53. The minimum Gasteiger partial charge on any atom is -0.200 e. The smallest absolute Gasteiger partial charge is 0.200 e. The molecule has 2 heterocycles. The maximum absolute atomic E-state index is 4.29. The maximum atomic E-state index is 4.29. The lowest BCUT2D eigenvalue weighted by molar-refractivity contribution is 0.661. The molecule has 96 valence electrons. The van der Waals surface area contributed by atoms with Crippen LogP contribution in [0, 0.1) is 19.8 Å². The van der Waals surface area contributed by atoms with Crippen molar-refractivity contribution in [1.29, 1.82) is 0 Å². The molecule has 18 heavy (non-hydrogen) atoms. The molecule has 2 rings (SSSR count). The van der Waals surface area contributed by atoms with E-state index in [0.717, 1.165) is 17.1 Å². The first-order valence-electron chi connectivity index (χ1n) is 5.80. The quantitative estimate of drug-likeness (QED) is 0.784. The Morgan fingerprint density at radius 2 is 1.83 bits per heavy atom. The summed E-state index contributed by atoms with van der Waals surface area (Å²) in [4.78, 5) is 0. The van der Waals surface area contributed by atoms with Crippen molar-refractivity contribution in [3.05, 3.63) is 17.5 Å². The molecule has 0 aliphatic rings. The van der Waals surface area contributed by atoms with Gasteiger partial charge in [0.2, 0.25) is 5.16 Å². The SMILES string of the molecule is Cc1cc(C)n(-c2nnc(SCC(C)C)nn2)n1. The van der Waals surface area contributed by atoms with E-state index >= 15 is 0 Å². The first kappa shape index (κ1) is 12.9. The van der Waals surface area contributed by atoms with Gasteiger partial charge < -0.3 is 0 Å². The van der Waals surface area contributed by atoms with E-state index in [1.807, 2.05) is 19.9 Å². The Balaban J connectivity index is 2.15. The Kier molecular flexibility index (Phi) is 3.90. The van der Waals surface area contributed by atoms with Gasteiger partial charge in [-0.2, -0.15) is 5.10 Å². The zero-order chi connectivity index (χ0) is 13.1. The molecule has 0 aliphatic carbocycles. The van der Waals surface area contributed by atoms with Gasteiger partial charge in [-0.15, -0.1) is 20.4 Å². The van der Waals surface area contributed by atoms with Crippen LogP contribution in [0.15, 0.2) is 11.2 Å². The summed E-state index contributed by atoms with van der Waals surface area (Å²) in [6, 6.07) is 1.96. The molecule has 0 N–H and O–H groups in total. The fourth-order valence-corrected chi connectivity index (χ4v) is 2.11. The normalized spacial score (nSPS) is 11.2. The first-order valence-corrected chi connectivity index (χ1v) is 6.78. The molecule has 0 bridgehead atoms. The molecule has 0 aromatic carbocycles. The van der Waals surface area contributed by atoms with Crippen LogP contribution < -0.4 is 0 Å². The third kappa shape index (κ3) is 3.04. The van der Waals surface area contributed by atoms with E-state index in [1.54, 1.807) is 16.4 Å². The zero-order valence-corrected chi connectivity index (χ0v) is 11.8. The van der Waals surface area contributed by atoms with Gasteiger partial charge in [0.15, 0.2) is 0 Å². The van der Waals surface area contributed by atoms with E-state index in [4.69, 9.17) is 0 Å². The topological polar surface area (TPSA) is 69.4 Å². The van der Waals surface area contributed by atoms with Crippen molar-refractivity contribution in [2.24, 2.45) is 5.92 Å². The fraction of sp³-hybridized carbons (Fsp3) is 0.545. The van der Waals surface area contributed by atoms with E-state index in [-0.39, 0.29) is 0 Å². The van der Waals surface area contributed by atoms with Gasteiger partial charge in [0.1, 0.15) is 0 Å². The van der Waals surface area contributed by atoms with Crippen molar-refractivity contribution >= 4 is 11.8 Å². The van der Waals surface area contributed by atoms with Gasteiger partial charge in [0.05, 0.1) is 5.69 Å². The molecule has 0 fully saturated rings. The first-order chi connectivity index (χ1) is 8.56. The minimum atomic E-state index is 0.412. The summed E-state index contributed by atoms with van der Waals surface area (Å²) in [5.41, 5.74) is 1.90. The molecule has 0 amide bonds. The predicted molar refractivity (Wildman–Crippen MR) is 69.8 cm³/mol. The molecular weight excluding hydrogens is 248 g/mol. The van der Waals surface area contributed by atoms with Crippen LogP contribution in [0.2, 0.25) is 0 Å². The summed E-state index contributed by atoms with van der Waals surface area (Å²) < 4.78 is 1.65. The average molecular weight is 264 g/mol. The summed E-state index contributed by atoms with van der Waals surface area (Å²) in [6.07, 6.45) is 0. The number of hydrogen-bond acceptors (Lipinski definition) is 6. The summed E-state index contributed by atoms with van der Waals surface area (Å²) in [5, 5.41) is 21.1. The number of rotatable bonds is 4. The molecule has 0 radical (unpaired) electrons. The largest absolute Gasteiger partial charge is 0.289 e. The van der Waals surface area contributed by atoms with Crippen LogP contribution in [-0.2, 0) is 0 Å². The number of hydrogen-bond donors (Lipinski definition) is 0. The molecule has 0 spiro atoms. The molecule has 2 aromatic heterocycles. The van der Waals surface area contributed by atoms with Crippen molar-refractivity contribution in [1.82, 2.24) is 30.2 Å². The molecule has 0 saturated carbocycles. The highest BCUT2D eigenvalue weighted by atomic mass is 32.2. The number of aryl methyl sites for hydroxylation is 2. The van der Waals surface area contributed by atoms with E-state index in [1.165, 1.54) is 0 Å². The second kappa shape index (κ2) is 5.43. The van der Waals surface area contributed by atoms with Crippen LogP contribution in [0.5, 0.6) is 0 Å². The lowest BCUT2D eigenvalue weighted by Gasteiger charge is -2.03. The van der Waals surface area contributed by atoms with E-state index in [9.17, 15) is 0 Å². The summed E-state index contributed by atoms with van der Waals surface area (Å²) in [6.45, 7) is 8.18. The van der Waals surface area contributed by atoms with Gasteiger partial charge in [-0.25, -0.2) is 4.68 Å². The minimum absolute atomic E-state index is 0.412. The molecule has 6 nitrogen and oxygen atoms in total. The maximum Gasteiger partial charge on any atom is 0.289 e. The van der Waals surface area contributed by atoms with Crippen molar-refractivity contribution in [3.63, 3.8) is 0 Å². The lowest BCUT2D eigenvalue weighted by Crippen LogP contribution is -2.09. The van der Waals surface area contributed by atoms with Gasteiger partial charge in [-0.1, -0.05) is 25.6 Å². The van der Waals surface area contributed by atoms with Gasteiger partial charge >= 0.3 is 0 Å².